The van der Waals surface area contributed by atoms with Crippen molar-refractivity contribution in [2.45, 2.75) is 0 Å². The summed E-state index contributed by atoms with van der Waals surface area (Å²) in [5.41, 5.74) is 0.563. The zero-order valence-corrected chi connectivity index (χ0v) is 8.82. The van der Waals surface area contributed by atoms with Gasteiger partial charge >= 0.3 is 0 Å². The third-order valence-corrected chi connectivity index (χ3v) is 3.56. The van der Waals surface area contributed by atoms with E-state index in [9.17, 15) is 5.11 Å². The first-order valence-corrected chi connectivity index (χ1v) is 5.14. The molecule has 0 aliphatic carbocycles. The SMILES string of the molecule is N#Cc1ccc2sc(Br)c(O)c2c1. The average molecular weight is 254 g/mol. The van der Waals surface area contributed by atoms with Crippen LogP contribution in [0.4, 0.5) is 0 Å². The van der Waals surface area contributed by atoms with Crippen LogP contribution in [-0.2, 0) is 0 Å². The Bertz CT molecular complexity index is 512. The zero-order chi connectivity index (χ0) is 9.42. The van der Waals surface area contributed by atoms with Crippen molar-refractivity contribution < 1.29 is 5.11 Å². The molecule has 2 aromatic rings. The normalized spacial score (nSPS) is 10.2. The smallest absolute Gasteiger partial charge is 0.148 e. The van der Waals surface area contributed by atoms with Crippen LogP contribution in [0.5, 0.6) is 5.75 Å². The van der Waals surface area contributed by atoms with Crippen LogP contribution in [0, 0.1) is 11.3 Å². The Balaban J connectivity index is 2.84. The highest BCUT2D eigenvalue weighted by molar-refractivity contribution is 9.11. The molecule has 0 atom stereocenters. The van der Waals surface area contributed by atoms with Gasteiger partial charge in [-0.05, 0) is 34.1 Å². The van der Waals surface area contributed by atoms with Gasteiger partial charge in [0.2, 0.25) is 0 Å². The Hall–Kier alpha value is -1.05. The summed E-state index contributed by atoms with van der Waals surface area (Å²) in [6.07, 6.45) is 0. The molecule has 0 amide bonds. The molecule has 1 N–H and O–H groups in total. The first-order chi connectivity index (χ1) is 6.22. The van der Waals surface area contributed by atoms with E-state index in [2.05, 4.69) is 15.9 Å². The van der Waals surface area contributed by atoms with E-state index in [1.807, 2.05) is 12.1 Å². The Morgan fingerprint density at radius 1 is 1.46 bits per heavy atom. The number of hydrogen-bond donors (Lipinski definition) is 1. The minimum Gasteiger partial charge on any atom is -0.505 e. The summed E-state index contributed by atoms with van der Waals surface area (Å²) in [6, 6.07) is 7.30. The maximum atomic E-state index is 9.57. The van der Waals surface area contributed by atoms with Gasteiger partial charge in [0.25, 0.3) is 0 Å². The van der Waals surface area contributed by atoms with E-state index in [0.29, 0.717) is 9.35 Å². The molecular weight excluding hydrogens is 250 g/mol. The van der Waals surface area contributed by atoms with E-state index in [4.69, 9.17) is 5.26 Å². The van der Waals surface area contributed by atoms with Crippen LogP contribution in [0.1, 0.15) is 5.56 Å². The Morgan fingerprint density at radius 2 is 2.23 bits per heavy atom. The molecule has 0 radical (unpaired) electrons. The zero-order valence-electron chi connectivity index (χ0n) is 6.41. The number of nitriles is 1. The number of nitrogens with zero attached hydrogens (tertiary/aromatic N) is 1. The molecule has 0 aliphatic rings. The summed E-state index contributed by atoms with van der Waals surface area (Å²) >= 11 is 4.70. The molecule has 1 aromatic heterocycles. The van der Waals surface area contributed by atoms with Gasteiger partial charge in [-0.3, -0.25) is 0 Å². The summed E-state index contributed by atoms with van der Waals surface area (Å²) in [6.45, 7) is 0. The van der Waals surface area contributed by atoms with Crippen molar-refractivity contribution in [1.29, 1.82) is 5.26 Å². The fourth-order valence-electron chi connectivity index (χ4n) is 1.12. The van der Waals surface area contributed by atoms with Crippen LogP contribution in [0.15, 0.2) is 22.0 Å². The molecule has 0 fully saturated rings. The summed E-state index contributed by atoms with van der Waals surface area (Å²) in [5.74, 6) is 0.220. The minimum atomic E-state index is 0.220. The quantitative estimate of drug-likeness (QED) is 0.784. The first-order valence-electron chi connectivity index (χ1n) is 3.53. The van der Waals surface area contributed by atoms with Crippen molar-refractivity contribution in [1.82, 2.24) is 0 Å². The lowest BCUT2D eigenvalue weighted by atomic mass is 10.2. The molecule has 64 valence electrons. The molecule has 4 heteroatoms. The lowest BCUT2D eigenvalue weighted by Crippen LogP contribution is -1.71. The summed E-state index contributed by atoms with van der Waals surface area (Å²) < 4.78 is 1.68. The van der Waals surface area contributed by atoms with Crippen molar-refractivity contribution in [3.05, 3.63) is 27.5 Å². The summed E-state index contributed by atoms with van der Waals surface area (Å²) in [4.78, 5) is 0. The standard InChI is InChI=1S/C9H4BrNOS/c10-9-8(12)6-3-5(4-11)1-2-7(6)13-9/h1-3,12H. The van der Waals surface area contributed by atoms with E-state index < -0.39 is 0 Å². The molecule has 0 bridgehead atoms. The number of aromatic hydroxyl groups is 1. The lowest BCUT2D eigenvalue weighted by Gasteiger charge is -1.90. The topological polar surface area (TPSA) is 44.0 Å². The molecule has 13 heavy (non-hydrogen) atoms. The molecule has 2 rings (SSSR count). The highest BCUT2D eigenvalue weighted by atomic mass is 79.9. The first kappa shape index (κ1) is 8.54. The van der Waals surface area contributed by atoms with Crippen molar-refractivity contribution in [2.75, 3.05) is 0 Å². The van der Waals surface area contributed by atoms with Crippen LogP contribution in [-0.4, -0.2) is 5.11 Å². The fraction of sp³-hybridized carbons (Fsp3) is 0. The number of benzene rings is 1. The second-order valence-electron chi connectivity index (χ2n) is 2.55. The van der Waals surface area contributed by atoms with E-state index >= 15 is 0 Å². The van der Waals surface area contributed by atoms with E-state index in [-0.39, 0.29) is 5.75 Å². The second kappa shape index (κ2) is 3.02. The Morgan fingerprint density at radius 3 is 2.92 bits per heavy atom. The number of halogens is 1. The summed E-state index contributed by atoms with van der Waals surface area (Å²) in [7, 11) is 0. The predicted octanol–water partition coefficient (Wildman–Crippen LogP) is 3.24. The van der Waals surface area contributed by atoms with Crippen molar-refractivity contribution in [3.63, 3.8) is 0 Å². The number of thiophene rings is 1. The van der Waals surface area contributed by atoms with Gasteiger partial charge in [-0.25, -0.2) is 0 Å². The Labute approximate surface area is 87.2 Å². The van der Waals surface area contributed by atoms with Gasteiger partial charge in [-0.1, -0.05) is 0 Å². The van der Waals surface area contributed by atoms with Gasteiger partial charge in [0, 0.05) is 10.1 Å². The van der Waals surface area contributed by atoms with E-state index in [0.717, 1.165) is 10.1 Å². The fourth-order valence-corrected chi connectivity index (χ4v) is 2.66. The minimum absolute atomic E-state index is 0.220. The number of fused-ring (bicyclic) bond motifs is 1. The van der Waals surface area contributed by atoms with Crippen LogP contribution >= 0.6 is 27.3 Å². The number of hydrogen-bond acceptors (Lipinski definition) is 3. The molecule has 0 aliphatic heterocycles. The molecule has 0 spiro atoms. The van der Waals surface area contributed by atoms with Gasteiger partial charge < -0.3 is 5.11 Å². The average Bonchev–Trinajstić information content (AvgIpc) is 2.43. The third kappa shape index (κ3) is 1.30. The summed E-state index contributed by atoms with van der Waals surface area (Å²) in [5, 5.41) is 19.0. The van der Waals surface area contributed by atoms with Crippen molar-refractivity contribution >= 4 is 37.4 Å². The van der Waals surface area contributed by atoms with Crippen LogP contribution in [0.3, 0.4) is 0 Å². The lowest BCUT2D eigenvalue weighted by molar-refractivity contribution is 0.481. The molecule has 1 heterocycles. The molecule has 2 nitrogen and oxygen atoms in total. The third-order valence-electron chi connectivity index (χ3n) is 1.75. The van der Waals surface area contributed by atoms with Crippen LogP contribution in [0.25, 0.3) is 10.1 Å². The largest absolute Gasteiger partial charge is 0.505 e. The maximum Gasteiger partial charge on any atom is 0.148 e. The molecule has 0 saturated carbocycles. The van der Waals surface area contributed by atoms with Gasteiger partial charge in [0.15, 0.2) is 0 Å². The monoisotopic (exact) mass is 253 g/mol. The van der Waals surface area contributed by atoms with Crippen LogP contribution in [0.2, 0.25) is 0 Å². The highest BCUT2D eigenvalue weighted by Crippen LogP contribution is 2.40. The Kier molecular flexibility index (Phi) is 1.98. The van der Waals surface area contributed by atoms with Gasteiger partial charge in [-0.15, -0.1) is 11.3 Å². The van der Waals surface area contributed by atoms with Gasteiger partial charge in [0.05, 0.1) is 11.6 Å². The second-order valence-corrected chi connectivity index (χ2v) is 4.92. The number of rotatable bonds is 0. The molecule has 0 saturated heterocycles. The van der Waals surface area contributed by atoms with E-state index in [1.165, 1.54) is 11.3 Å². The van der Waals surface area contributed by atoms with E-state index in [1.54, 1.807) is 12.1 Å². The van der Waals surface area contributed by atoms with Crippen LogP contribution < -0.4 is 0 Å². The van der Waals surface area contributed by atoms with Crippen molar-refractivity contribution in [2.24, 2.45) is 0 Å². The highest BCUT2D eigenvalue weighted by Gasteiger charge is 2.08. The molecule has 0 unspecified atom stereocenters. The molecular formula is C9H4BrNOS. The molecule has 1 aromatic carbocycles. The van der Waals surface area contributed by atoms with Gasteiger partial charge in [-0.2, -0.15) is 5.26 Å². The van der Waals surface area contributed by atoms with Gasteiger partial charge in [0.1, 0.15) is 9.54 Å². The maximum absolute atomic E-state index is 9.57. The predicted molar refractivity (Wildman–Crippen MR) is 55.9 cm³/mol. The van der Waals surface area contributed by atoms with Crippen molar-refractivity contribution in [3.8, 4) is 11.8 Å².